The van der Waals surface area contributed by atoms with Crippen LogP contribution in [0.5, 0.6) is 0 Å². The Bertz CT molecular complexity index is 1350. The number of nitrogens with one attached hydrogen (secondary N) is 1. The first-order valence-corrected chi connectivity index (χ1v) is 14.5. The number of methoxy groups -OCH3 is 1. The normalized spacial score (nSPS) is 12.5. The van der Waals surface area contributed by atoms with Crippen molar-refractivity contribution >= 4 is 17.7 Å². The van der Waals surface area contributed by atoms with Gasteiger partial charge in [0.1, 0.15) is 0 Å². The molecule has 2 aromatic carbocycles. The number of amides is 2. The van der Waals surface area contributed by atoms with Crippen molar-refractivity contribution in [1.82, 2.24) is 25.7 Å². The number of carbonyl (C=O) groups is 2. The number of benzene rings is 2. The van der Waals surface area contributed by atoms with Gasteiger partial charge in [-0.05, 0) is 35.6 Å². The number of anilines is 1. The number of ether oxygens (including phenoxy) is 3. The molecule has 0 fully saturated rings. The van der Waals surface area contributed by atoms with Crippen LogP contribution in [-0.4, -0.2) is 71.5 Å². The van der Waals surface area contributed by atoms with E-state index in [1.807, 2.05) is 38.1 Å². The van der Waals surface area contributed by atoms with Gasteiger partial charge in [0, 0.05) is 43.8 Å². The van der Waals surface area contributed by atoms with Crippen molar-refractivity contribution < 1.29 is 28.9 Å². The van der Waals surface area contributed by atoms with Gasteiger partial charge in [-0.25, -0.2) is 4.79 Å². The van der Waals surface area contributed by atoms with Gasteiger partial charge in [0.15, 0.2) is 6.10 Å². The van der Waals surface area contributed by atoms with E-state index in [4.69, 9.17) is 14.2 Å². The molecule has 0 aliphatic rings. The van der Waals surface area contributed by atoms with Crippen LogP contribution >= 0.6 is 0 Å². The molecule has 238 valence electrons. The fourth-order valence-electron chi connectivity index (χ4n) is 4.29. The Balaban J connectivity index is 1.47. The summed E-state index contributed by atoms with van der Waals surface area (Å²) in [5.41, 5.74) is 2.59. The molecular formula is C32H44N6O6. The number of aliphatic hydroxyl groups is 1. The number of aromatic nitrogens is 4. The second-order valence-corrected chi connectivity index (χ2v) is 12.4. The van der Waals surface area contributed by atoms with Gasteiger partial charge in [-0.1, -0.05) is 64.1 Å². The van der Waals surface area contributed by atoms with Gasteiger partial charge in [-0.3, -0.25) is 9.69 Å². The molecule has 0 saturated carbocycles. The Morgan fingerprint density at radius 2 is 1.48 bits per heavy atom. The van der Waals surface area contributed by atoms with E-state index in [2.05, 4.69) is 39.6 Å². The van der Waals surface area contributed by atoms with Crippen molar-refractivity contribution in [3.8, 4) is 11.4 Å². The van der Waals surface area contributed by atoms with Crippen LogP contribution in [0.3, 0.4) is 0 Å². The van der Waals surface area contributed by atoms with Crippen molar-refractivity contribution in [2.24, 2.45) is 10.8 Å². The monoisotopic (exact) mass is 608 g/mol. The molecule has 0 spiro atoms. The third-order valence-electron chi connectivity index (χ3n) is 6.78. The van der Waals surface area contributed by atoms with Gasteiger partial charge in [0.05, 0.1) is 26.4 Å². The number of nitrogens with zero attached hydrogens (tertiary/aromatic N) is 5. The minimum absolute atomic E-state index is 0.0493. The van der Waals surface area contributed by atoms with Crippen LogP contribution in [0.2, 0.25) is 0 Å². The number of rotatable bonds is 15. The lowest BCUT2D eigenvalue weighted by Gasteiger charge is -2.28. The van der Waals surface area contributed by atoms with Gasteiger partial charge >= 0.3 is 6.09 Å². The summed E-state index contributed by atoms with van der Waals surface area (Å²) in [7, 11) is 3.26. The summed E-state index contributed by atoms with van der Waals surface area (Å²) in [6, 6.07) is 14.3. The number of hydrogen-bond donors (Lipinski definition) is 2. The van der Waals surface area contributed by atoms with Crippen LogP contribution in [0, 0.1) is 10.8 Å². The summed E-state index contributed by atoms with van der Waals surface area (Å²) in [5.74, 6) is 0.434. The molecule has 1 unspecified atom stereocenters. The van der Waals surface area contributed by atoms with Crippen molar-refractivity contribution in [1.29, 1.82) is 0 Å². The fraction of sp³-hybridized carbons (Fsp3) is 0.500. The highest BCUT2D eigenvalue weighted by atomic mass is 16.6. The molecule has 2 N–H and O–H groups in total. The van der Waals surface area contributed by atoms with Crippen LogP contribution in [0.1, 0.15) is 64.1 Å². The maximum absolute atomic E-state index is 12.6. The predicted octanol–water partition coefficient (Wildman–Crippen LogP) is 4.48. The Labute approximate surface area is 259 Å². The minimum Gasteiger partial charge on any atom is -0.438 e. The first-order chi connectivity index (χ1) is 20.8. The van der Waals surface area contributed by atoms with Gasteiger partial charge in [-0.15, -0.1) is 20.4 Å². The number of carbonyl (C=O) groups excluding carboxylic acids is 2. The SMILES string of the molecule is COCC(C)(C)COCC(C)(C)CC(=O)NCc1ccc(-c2nnc(C(C)OC(=O)N(C)c3ccc(CO)cc3)nn2)cc1. The molecule has 3 rings (SSSR count). The lowest BCUT2D eigenvalue weighted by Crippen LogP contribution is -2.33. The molecule has 1 heterocycles. The first kappa shape index (κ1) is 34.5. The van der Waals surface area contributed by atoms with E-state index in [0.29, 0.717) is 49.9 Å². The molecule has 12 heteroatoms. The van der Waals surface area contributed by atoms with Crippen molar-refractivity contribution in [3.63, 3.8) is 0 Å². The molecule has 1 atom stereocenters. The summed E-state index contributed by atoms with van der Waals surface area (Å²) in [6.45, 7) is 11.8. The van der Waals surface area contributed by atoms with Crippen LogP contribution in [0.15, 0.2) is 48.5 Å². The Kier molecular flexibility index (Phi) is 12.3. The number of hydrogen-bond acceptors (Lipinski definition) is 10. The molecule has 1 aromatic heterocycles. The largest absolute Gasteiger partial charge is 0.438 e. The van der Waals surface area contributed by atoms with E-state index in [1.54, 1.807) is 45.3 Å². The zero-order valence-corrected chi connectivity index (χ0v) is 26.7. The standard InChI is InChI=1S/C32H44N6O6/c1-22(44-30(41)38(6)26-14-10-24(18-39)11-15-26)28-34-36-29(37-35-28)25-12-8-23(9-13-25)17-33-27(40)16-31(2,3)20-43-21-32(4,5)19-42-7/h8-15,22,39H,16-21H2,1-7H3,(H,33,40). The van der Waals surface area contributed by atoms with Crippen molar-refractivity contribution in [2.75, 3.05) is 38.9 Å². The average molecular weight is 609 g/mol. The second-order valence-electron chi connectivity index (χ2n) is 12.4. The van der Waals surface area contributed by atoms with Crippen LogP contribution in [0.4, 0.5) is 10.5 Å². The van der Waals surface area contributed by atoms with Gasteiger partial charge < -0.3 is 24.6 Å². The average Bonchev–Trinajstić information content (AvgIpc) is 2.99. The molecule has 0 radical (unpaired) electrons. The van der Waals surface area contributed by atoms with E-state index in [1.165, 1.54) is 4.90 Å². The maximum atomic E-state index is 12.6. The molecule has 44 heavy (non-hydrogen) atoms. The summed E-state index contributed by atoms with van der Waals surface area (Å²) >= 11 is 0. The highest BCUT2D eigenvalue weighted by Gasteiger charge is 2.25. The highest BCUT2D eigenvalue weighted by Crippen LogP contribution is 2.24. The van der Waals surface area contributed by atoms with Crippen LogP contribution in [0.25, 0.3) is 11.4 Å². The van der Waals surface area contributed by atoms with E-state index in [9.17, 15) is 14.7 Å². The van der Waals surface area contributed by atoms with Crippen molar-refractivity contribution in [2.45, 2.75) is 60.3 Å². The van der Waals surface area contributed by atoms with E-state index < -0.39 is 12.2 Å². The Morgan fingerprint density at radius 1 is 0.886 bits per heavy atom. The lowest BCUT2D eigenvalue weighted by molar-refractivity contribution is -0.124. The van der Waals surface area contributed by atoms with Crippen molar-refractivity contribution in [3.05, 3.63) is 65.5 Å². The molecule has 0 aliphatic carbocycles. The van der Waals surface area contributed by atoms with Crippen LogP contribution < -0.4 is 10.2 Å². The summed E-state index contributed by atoms with van der Waals surface area (Å²) in [6.07, 6.45) is -1.03. The first-order valence-electron chi connectivity index (χ1n) is 14.5. The second kappa shape index (κ2) is 15.6. The quantitative estimate of drug-likeness (QED) is 0.253. The van der Waals surface area contributed by atoms with E-state index in [0.717, 1.165) is 11.1 Å². The summed E-state index contributed by atoms with van der Waals surface area (Å²) in [5, 5.41) is 28.7. The third-order valence-corrected chi connectivity index (χ3v) is 6.78. The van der Waals surface area contributed by atoms with Gasteiger partial charge in [-0.2, -0.15) is 0 Å². The topological polar surface area (TPSA) is 149 Å². The van der Waals surface area contributed by atoms with E-state index in [-0.39, 0.29) is 29.2 Å². The molecule has 3 aromatic rings. The molecular weight excluding hydrogens is 564 g/mol. The highest BCUT2D eigenvalue weighted by molar-refractivity contribution is 5.87. The Morgan fingerprint density at radius 3 is 2.07 bits per heavy atom. The molecule has 0 bridgehead atoms. The zero-order valence-electron chi connectivity index (χ0n) is 26.7. The molecule has 0 aliphatic heterocycles. The number of aliphatic hydroxyl groups excluding tert-OH is 1. The zero-order chi connectivity index (χ0) is 32.3. The van der Waals surface area contributed by atoms with Gasteiger partial charge in [0.2, 0.25) is 17.6 Å². The van der Waals surface area contributed by atoms with Gasteiger partial charge in [0.25, 0.3) is 0 Å². The molecule has 12 nitrogen and oxygen atoms in total. The van der Waals surface area contributed by atoms with E-state index >= 15 is 0 Å². The predicted molar refractivity (Wildman–Crippen MR) is 165 cm³/mol. The molecule has 0 saturated heterocycles. The van der Waals surface area contributed by atoms with Crippen LogP contribution in [-0.2, 0) is 32.2 Å². The third kappa shape index (κ3) is 10.6. The maximum Gasteiger partial charge on any atom is 0.414 e. The summed E-state index contributed by atoms with van der Waals surface area (Å²) < 4.78 is 16.6. The molecule has 2 amide bonds. The smallest absolute Gasteiger partial charge is 0.414 e. The minimum atomic E-state index is -0.777. The lowest BCUT2D eigenvalue weighted by atomic mass is 9.89. The fourth-order valence-corrected chi connectivity index (χ4v) is 4.29. The Hall–Kier alpha value is -4.00. The summed E-state index contributed by atoms with van der Waals surface area (Å²) in [4.78, 5) is 26.5.